The molecule has 4 rings (SSSR count). The standard InChI is InChI=1S/C36H48ClFN4O4Si/c1-35(2,3)45-34(44)42-29(15-16-30(42)32(27-14-17-31(37)40-21-27)46-47(8,9)36(4,5)6)19-24-10-12-26(13-11-24)33(43)41(7)23-25-18-28(38)22-39-20-25/h10-14,17-18,20-22,29-30,32H,15-16,19,23H2,1-9H3/t29-,30+,32+/m0/s1. The minimum absolute atomic E-state index is 0.0543. The van der Waals surface area contributed by atoms with Crippen LogP contribution in [0.2, 0.25) is 23.3 Å². The highest BCUT2D eigenvalue weighted by atomic mass is 35.5. The van der Waals surface area contributed by atoms with Crippen molar-refractivity contribution in [3.63, 3.8) is 0 Å². The van der Waals surface area contributed by atoms with Crippen LogP contribution < -0.4 is 0 Å². The van der Waals surface area contributed by atoms with E-state index in [2.05, 4.69) is 43.8 Å². The molecule has 0 aliphatic carbocycles. The number of amides is 2. The Balaban J connectivity index is 1.59. The van der Waals surface area contributed by atoms with E-state index in [1.807, 2.05) is 43.9 Å². The Morgan fingerprint density at radius 2 is 1.70 bits per heavy atom. The summed E-state index contributed by atoms with van der Waals surface area (Å²) >= 11 is 6.17. The van der Waals surface area contributed by atoms with Crippen LogP contribution in [0.5, 0.6) is 0 Å². The molecule has 0 spiro atoms. The molecule has 1 saturated heterocycles. The zero-order valence-electron chi connectivity index (χ0n) is 29.0. The zero-order valence-corrected chi connectivity index (χ0v) is 30.8. The van der Waals surface area contributed by atoms with Gasteiger partial charge in [0.05, 0.1) is 18.3 Å². The first kappa shape index (κ1) is 36.5. The van der Waals surface area contributed by atoms with Crippen molar-refractivity contribution in [2.45, 2.75) is 109 Å². The molecule has 0 N–H and O–H groups in total. The first-order valence-corrected chi connectivity index (χ1v) is 19.4. The summed E-state index contributed by atoms with van der Waals surface area (Å²) in [4.78, 5) is 38.7. The van der Waals surface area contributed by atoms with Crippen LogP contribution in [-0.4, -0.2) is 64.8 Å². The minimum atomic E-state index is -2.29. The monoisotopic (exact) mass is 682 g/mol. The lowest BCUT2D eigenvalue weighted by Gasteiger charge is -2.43. The molecule has 0 radical (unpaired) electrons. The lowest BCUT2D eigenvalue weighted by molar-refractivity contribution is -0.00244. The Morgan fingerprint density at radius 3 is 2.28 bits per heavy atom. The summed E-state index contributed by atoms with van der Waals surface area (Å²) < 4.78 is 26.6. The van der Waals surface area contributed by atoms with Crippen molar-refractivity contribution in [3.8, 4) is 0 Å². The molecule has 0 unspecified atom stereocenters. The Bertz CT molecular complexity index is 1540. The van der Waals surface area contributed by atoms with Crippen molar-refractivity contribution in [2.24, 2.45) is 0 Å². The molecule has 2 aromatic heterocycles. The van der Waals surface area contributed by atoms with Gasteiger partial charge in [-0.3, -0.25) is 14.7 Å². The molecule has 1 aliphatic heterocycles. The maximum atomic E-state index is 14.0. The molecule has 1 aliphatic rings. The van der Waals surface area contributed by atoms with E-state index in [1.54, 1.807) is 37.6 Å². The van der Waals surface area contributed by atoms with Crippen LogP contribution in [0.25, 0.3) is 0 Å². The van der Waals surface area contributed by atoms with Crippen LogP contribution in [0.15, 0.2) is 61.1 Å². The second-order valence-electron chi connectivity index (χ2n) is 15.0. The van der Waals surface area contributed by atoms with E-state index < -0.39 is 25.8 Å². The average molecular weight is 683 g/mol. The van der Waals surface area contributed by atoms with E-state index in [9.17, 15) is 14.0 Å². The Hall–Kier alpha value is -3.34. The van der Waals surface area contributed by atoms with Crippen molar-refractivity contribution in [2.75, 3.05) is 7.05 Å². The van der Waals surface area contributed by atoms with Crippen molar-refractivity contribution in [3.05, 3.63) is 94.3 Å². The third-order valence-electron chi connectivity index (χ3n) is 9.01. The highest BCUT2D eigenvalue weighted by Gasteiger charge is 2.47. The van der Waals surface area contributed by atoms with Gasteiger partial charge >= 0.3 is 6.09 Å². The predicted molar refractivity (Wildman–Crippen MR) is 185 cm³/mol. The Kier molecular flexibility index (Phi) is 11.2. The second-order valence-corrected chi connectivity index (χ2v) is 20.1. The van der Waals surface area contributed by atoms with Crippen molar-refractivity contribution in [1.82, 2.24) is 19.8 Å². The number of benzene rings is 1. The maximum absolute atomic E-state index is 14.0. The smallest absolute Gasteiger partial charge is 0.410 e. The van der Waals surface area contributed by atoms with Gasteiger partial charge in [0.1, 0.15) is 16.6 Å². The molecule has 2 amide bonds. The fourth-order valence-corrected chi connectivity index (χ4v) is 6.98. The Morgan fingerprint density at radius 1 is 1.02 bits per heavy atom. The van der Waals surface area contributed by atoms with Gasteiger partial charge in [-0.05, 0) is 93.6 Å². The van der Waals surface area contributed by atoms with E-state index in [0.29, 0.717) is 22.7 Å². The summed E-state index contributed by atoms with van der Waals surface area (Å²) in [5.74, 6) is -0.621. The van der Waals surface area contributed by atoms with Gasteiger partial charge in [-0.2, -0.15) is 0 Å². The van der Waals surface area contributed by atoms with Crippen molar-refractivity contribution >= 4 is 31.9 Å². The molecule has 8 nitrogen and oxygen atoms in total. The number of pyridine rings is 2. The van der Waals surface area contributed by atoms with Crippen LogP contribution >= 0.6 is 11.6 Å². The van der Waals surface area contributed by atoms with E-state index >= 15 is 0 Å². The molecule has 0 saturated carbocycles. The molecule has 0 bridgehead atoms. The van der Waals surface area contributed by atoms with Crippen LogP contribution in [0.3, 0.4) is 0 Å². The lowest BCUT2D eigenvalue weighted by Crippen LogP contribution is -2.50. The van der Waals surface area contributed by atoms with Crippen LogP contribution in [0, 0.1) is 5.82 Å². The molecule has 3 aromatic rings. The van der Waals surface area contributed by atoms with Gasteiger partial charge in [0.25, 0.3) is 5.91 Å². The van der Waals surface area contributed by atoms with Gasteiger partial charge in [0.15, 0.2) is 8.32 Å². The zero-order chi connectivity index (χ0) is 34.7. The van der Waals surface area contributed by atoms with E-state index in [1.165, 1.54) is 11.0 Å². The first-order valence-electron chi connectivity index (χ1n) is 16.1. The first-order chi connectivity index (χ1) is 21.8. The van der Waals surface area contributed by atoms with Gasteiger partial charge in [0.2, 0.25) is 0 Å². The van der Waals surface area contributed by atoms with Gasteiger partial charge in [-0.25, -0.2) is 14.2 Å². The molecule has 11 heteroatoms. The summed E-state index contributed by atoms with van der Waals surface area (Å²) in [7, 11) is -0.613. The molecule has 1 fully saturated rings. The molecular weight excluding hydrogens is 635 g/mol. The number of rotatable bonds is 9. The maximum Gasteiger partial charge on any atom is 0.410 e. The van der Waals surface area contributed by atoms with Crippen molar-refractivity contribution < 1.29 is 23.1 Å². The van der Waals surface area contributed by atoms with E-state index in [-0.39, 0.29) is 35.7 Å². The number of hydrogen-bond donors (Lipinski definition) is 0. The lowest BCUT2D eigenvalue weighted by atomic mass is 10.0. The number of carbonyl (C=O) groups excluding carboxylic acids is 2. The summed E-state index contributed by atoms with van der Waals surface area (Å²) in [6, 6.07) is 12.1. The third-order valence-corrected chi connectivity index (χ3v) is 13.7. The fraction of sp³-hybridized carbons (Fsp3) is 0.500. The number of nitrogens with zero attached hydrogens (tertiary/aromatic N) is 4. The van der Waals surface area contributed by atoms with Crippen molar-refractivity contribution in [1.29, 1.82) is 0 Å². The number of ether oxygens (including phenoxy) is 1. The van der Waals surface area contributed by atoms with Gasteiger partial charge in [0, 0.05) is 43.2 Å². The second kappa shape index (κ2) is 14.4. The number of aromatic nitrogens is 2. The van der Waals surface area contributed by atoms with Crippen LogP contribution in [0.1, 0.15) is 87.5 Å². The molecular formula is C36H48ClFN4O4Si. The SMILES string of the molecule is CN(Cc1cncc(F)c1)C(=O)c1ccc(C[C@@H]2CC[C@H]([C@H](O[Si](C)(C)C(C)(C)C)c3ccc(Cl)nc3)N2C(=O)OC(C)(C)C)cc1. The highest BCUT2D eigenvalue weighted by Crippen LogP contribution is 2.44. The summed E-state index contributed by atoms with van der Waals surface area (Å²) in [6.07, 6.45) is 5.70. The summed E-state index contributed by atoms with van der Waals surface area (Å²) in [5.41, 5.74) is 2.32. The van der Waals surface area contributed by atoms with Crippen LogP contribution in [-0.2, 0) is 22.1 Å². The van der Waals surface area contributed by atoms with Crippen LogP contribution in [0.4, 0.5) is 9.18 Å². The summed E-state index contributed by atoms with van der Waals surface area (Å²) in [6.45, 7) is 16.9. The normalized spacial score (nSPS) is 17.8. The third kappa shape index (κ3) is 9.39. The molecule has 254 valence electrons. The number of likely N-dealkylation sites (tertiary alicyclic amines) is 1. The number of carbonyl (C=O) groups is 2. The largest absolute Gasteiger partial charge is 0.444 e. The quantitative estimate of drug-likeness (QED) is 0.166. The van der Waals surface area contributed by atoms with E-state index in [4.69, 9.17) is 20.8 Å². The van der Waals surface area contributed by atoms with E-state index in [0.717, 1.165) is 30.2 Å². The van der Waals surface area contributed by atoms with Gasteiger partial charge in [-0.1, -0.05) is 50.6 Å². The van der Waals surface area contributed by atoms with Gasteiger partial charge < -0.3 is 14.1 Å². The molecule has 1 aromatic carbocycles. The molecule has 3 atom stereocenters. The number of halogens is 2. The fourth-order valence-electron chi connectivity index (χ4n) is 5.59. The topological polar surface area (TPSA) is 84.9 Å². The summed E-state index contributed by atoms with van der Waals surface area (Å²) in [5, 5.41) is 0.341. The Labute approximate surface area is 284 Å². The number of hydrogen-bond acceptors (Lipinski definition) is 6. The average Bonchev–Trinajstić information content (AvgIpc) is 3.38. The molecule has 47 heavy (non-hydrogen) atoms. The highest BCUT2D eigenvalue weighted by molar-refractivity contribution is 6.74. The molecule has 3 heterocycles. The van der Waals surface area contributed by atoms with Gasteiger partial charge in [-0.15, -0.1) is 0 Å². The predicted octanol–water partition coefficient (Wildman–Crippen LogP) is 8.62. The minimum Gasteiger partial charge on any atom is -0.444 e.